The van der Waals surface area contributed by atoms with Crippen molar-refractivity contribution in [2.45, 2.75) is 0 Å². The largest absolute Gasteiger partial charge is 0.326 e. The van der Waals surface area contributed by atoms with Crippen LogP contribution in [0.4, 0.5) is 0 Å². The molecule has 0 fully saturated rings. The number of hydrogen-bond donors (Lipinski definition) is 0. The van der Waals surface area contributed by atoms with Crippen molar-refractivity contribution in [1.82, 2.24) is 0 Å². The molecule has 0 atom stereocenters. The monoisotopic (exact) mass is 94.0 g/mol. The van der Waals surface area contributed by atoms with Crippen LogP contribution in [0.5, 0.6) is 0 Å². The number of rotatable bonds is 1. The molecule has 0 spiro atoms. The lowest BCUT2D eigenvalue weighted by molar-refractivity contribution is 0.497. The van der Waals surface area contributed by atoms with Crippen LogP contribution in [0.25, 0.3) is 0 Å². The Balaban J connectivity index is 1.97. The van der Waals surface area contributed by atoms with Crippen LogP contribution in [0, 0.1) is 0 Å². The van der Waals surface area contributed by atoms with E-state index in [1.165, 1.54) is 11.5 Å². The molecule has 1 nitrogen and oxygen atoms in total. The van der Waals surface area contributed by atoms with E-state index in [9.17, 15) is 0 Å². The number of hydrogen-bond acceptors (Lipinski definition) is 2. The van der Waals surface area contributed by atoms with E-state index in [-0.39, 0.29) is 0 Å². The average molecular weight is 94.2 g/mol. The maximum Gasteiger partial charge on any atom is 0.105 e. The molecule has 0 saturated heterocycles. The fraction of sp³-hybridized carbons (Fsp3) is 1.00. The molecule has 4 heavy (non-hydrogen) atoms. The van der Waals surface area contributed by atoms with Gasteiger partial charge in [0, 0.05) is 7.11 Å². The zero-order chi connectivity index (χ0) is 3.41. The zero-order valence-corrected chi connectivity index (χ0v) is 5.63. The summed E-state index contributed by atoms with van der Waals surface area (Å²) in [5.74, 6) is 0. The van der Waals surface area contributed by atoms with Crippen molar-refractivity contribution in [3.63, 3.8) is 0 Å². The molecular weight excluding hydrogens is 88.2 g/mol. The minimum atomic E-state index is 1.08. The van der Waals surface area contributed by atoms with Crippen LogP contribution in [0.2, 0.25) is 0 Å². The van der Waals surface area contributed by atoms with Gasteiger partial charge in [-0.25, -0.2) is 0 Å². The van der Waals surface area contributed by atoms with E-state index >= 15 is 0 Å². The third-order valence-electron chi connectivity index (χ3n) is 0.167. The van der Waals surface area contributed by atoms with Crippen LogP contribution in [0.15, 0.2) is 0 Å². The summed E-state index contributed by atoms with van der Waals surface area (Å²) >= 11 is 1.50. The summed E-state index contributed by atoms with van der Waals surface area (Å²) < 4.78 is 4.52. The van der Waals surface area contributed by atoms with Crippen molar-refractivity contribution in [3.05, 3.63) is 0 Å². The molecule has 26 valence electrons. The maximum absolute atomic E-state index is 4.52. The first-order valence-corrected chi connectivity index (χ1v) is 4.58. The standard InChI is InChI=1S/CH6OSSi/c1-2-3-4/h1,4H3. The Bertz CT molecular complexity index is 10.0. The first-order chi connectivity index (χ1) is 1.91. The summed E-state index contributed by atoms with van der Waals surface area (Å²) in [4.78, 5) is 0. The molecule has 0 saturated carbocycles. The van der Waals surface area contributed by atoms with E-state index in [1.807, 2.05) is 0 Å². The Morgan fingerprint density at radius 2 is 2.25 bits per heavy atom. The molecule has 0 heterocycles. The Morgan fingerprint density at radius 1 is 2.00 bits per heavy atom. The predicted molar refractivity (Wildman–Crippen MR) is 24.5 cm³/mol. The van der Waals surface area contributed by atoms with Gasteiger partial charge in [-0.1, -0.05) is 11.5 Å². The van der Waals surface area contributed by atoms with Crippen LogP contribution >= 0.6 is 11.5 Å². The third kappa shape index (κ3) is 2.53. The normalized spacial score (nSPS) is 8.25. The van der Waals surface area contributed by atoms with Crippen LogP contribution < -0.4 is 0 Å². The predicted octanol–water partition coefficient (Wildman–Crippen LogP) is -0.439. The van der Waals surface area contributed by atoms with Gasteiger partial charge >= 0.3 is 0 Å². The van der Waals surface area contributed by atoms with Gasteiger partial charge in [-0.2, -0.15) is 0 Å². The summed E-state index contributed by atoms with van der Waals surface area (Å²) in [5, 5.41) is 0. The molecular formula is CH6OSSi. The molecule has 0 aliphatic rings. The Labute approximate surface area is 33.0 Å². The van der Waals surface area contributed by atoms with Crippen LogP contribution in [-0.4, -0.2) is 16.5 Å². The molecule has 0 amide bonds. The Morgan fingerprint density at radius 3 is 2.25 bits per heavy atom. The highest BCUT2D eigenvalue weighted by Crippen LogP contribution is 1.82. The van der Waals surface area contributed by atoms with Gasteiger partial charge in [0.2, 0.25) is 0 Å². The smallest absolute Gasteiger partial charge is 0.105 e. The fourth-order valence-corrected chi connectivity index (χ4v) is 0. The van der Waals surface area contributed by atoms with Gasteiger partial charge in [0.1, 0.15) is 9.39 Å². The van der Waals surface area contributed by atoms with Crippen molar-refractivity contribution < 1.29 is 4.18 Å². The van der Waals surface area contributed by atoms with Crippen LogP contribution in [-0.2, 0) is 4.18 Å². The van der Waals surface area contributed by atoms with Crippen LogP contribution in [0.3, 0.4) is 0 Å². The van der Waals surface area contributed by atoms with Crippen molar-refractivity contribution in [3.8, 4) is 0 Å². The van der Waals surface area contributed by atoms with E-state index < -0.39 is 0 Å². The highest BCUT2D eigenvalue weighted by atomic mass is 32.4. The molecule has 3 heteroatoms. The van der Waals surface area contributed by atoms with E-state index in [2.05, 4.69) is 4.18 Å². The lowest BCUT2D eigenvalue weighted by Gasteiger charge is -1.75. The van der Waals surface area contributed by atoms with E-state index in [0.29, 0.717) is 0 Å². The van der Waals surface area contributed by atoms with E-state index in [1.54, 1.807) is 7.11 Å². The lowest BCUT2D eigenvalue weighted by Crippen LogP contribution is -1.55. The first-order valence-electron chi connectivity index (χ1n) is 0.983. The third-order valence-corrected chi connectivity index (χ3v) is 1.50. The molecule has 0 unspecified atom stereocenters. The van der Waals surface area contributed by atoms with Crippen molar-refractivity contribution in [1.29, 1.82) is 0 Å². The summed E-state index contributed by atoms with van der Waals surface area (Å²) in [7, 11) is 2.76. The molecule has 0 bridgehead atoms. The van der Waals surface area contributed by atoms with Crippen LogP contribution in [0.1, 0.15) is 0 Å². The second-order valence-electron chi connectivity index (χ2n) is 0.333. The Kier molecular flexibility index (Phi) is 3.99. The quantitative estimate of drug-likeness (QED) is 0.322. The SMILES string of the molecule is COS[SiH3]. The molecule has 0 aromatic rings. The second kappa shape index (κ2) is 3.53. The molecule has 0 aromatic carbocycles. The second-order valence-corrected chi connectivity index (χ2v) is 2.00. The Hall–Kier alpha value is 0.527. The topological polar surface area (TPSA) is 9.23 Å². The lowest BCUT2D eigenvalue weighted by atomic mass is 11.8. The summed E-state index contributed by atoms with van der Waals surface area (Å²) in [5.41, 5.74) is 0. The zero-order valence-electron chi connectivity index (χ0n) is 2.82. The van der Waals surface area contributed by atoms with Crippen molar-refractivity contribution >= 4 is 20.9 Å². The first kappa shape index (κ1) is 4.53. The fourth-order valence-electron chi connectivity index (χ4n) is 0. The molecule has 0 aliphatic heterocycles. The molecule has 0 N–H and O–H groups in total. The van der Waals surface area contributed by atoms with Gasteiger partial charge in [-0.15, -0.1) is 0 Å². The van der Waals surface area contributed by atoms with Gasteiger partial charge in [-0.05, 0) is 0 Å². The summed E-state index contributed by atoms with van der Waals surface area (Å²) in [6, 6.07) is 0. The molecule has 0 rings (SSSR count). The minimum absolute atomic E-state index is 1.08. The van der Waals surface area contributed by atoms with Gasteiger partial charge in [0.05, 0.1) is 0 Å². The van der Waals surface area contributed by atoms with Gasteiger partial charge < -0.3 is 4.18 Å². The summed E-state index contributed by atoms with van der Waals surface area (Å²) in [6.45, 7) is 0. The highest BCUT2D eigenvalue weighted by molar-refractivity contribution is 8.15. The van der Waals surface area contributed by atoms with Crippen molar-refractivity contribution in [2.24, 2.45) is 0 Å². The highest BCUT2D eigenvalue weighted by Gasteiger charge is 1.52. The molecule has 0 aliphatic carbocycles. The minimum Gasteiger partial charge on any atom is -0.326 e. The average Bonchev–Trinajstić information content (AvgIpc) is 1.37. The molecule has 0 aromatic heterocycles. The van der Waals surface area contributed by atoms with Gasteiger partial charge in [0.25, 0.3) is 0 Å². The maximum atomic E-state index is 4.52. The molecule has 0 radical (unpaired) electrons. The summed E-state index contributed by atoms with van der Waals surface area (Å²) in [6.07, 6.45) is 0. The van der Waals surface area contributed by atoms with Crippen molar-refractivity contribution in [2.75, 3.05) is 7.11 Å². The van der Waals surface area contributed by atoms with E-state index in [0.717, 1.165) is 9.39 Å². The van der Waals surface area contributed by atoms with Gasteiger partial charge in [-0.3, -0.25) is 0 Å². The van der Waals surface area contributed by atoms with E-state index in [4.69, 9.17) is 0 Å². The van der Waals surface area contributed by atoms with Gasteiger partial charge in [0.15, 0.2) is 0 Å².